The number of hydroxylamine groups is 2. The smallest absolute Gasteiger partial charge is 0.174 e. The van der Waals surface area contributed by atoms with E-state index in [0.717, 1.165) is 50.4 Å². The zero-order chi connectivity index (χ0) is 23.9. The Bertz CT molecular complexity index is 782. The van der Waals surface area contributed by atoms with E-state index in [-0.39, 0.29) is 35.1 Å². The summed E-state index contributed by atoms with van der Waals surface area (Å²) in [6, 6.07) is 8.46. The molecule has 0 radical (unpaired) electrons. The third-order valence-corrected chi connectivity index (χ3v) is 8.01. The predicted molar refractivity (Wildman–Crippen MR) is 128 cm³/mol. The van der Waals surface area contributed by atoms with Gasteiger partial charge in [-0.2, -0.15) is 5.06 Å². The van der Waals surface area contributed by atoms with Gasteiger partial charge in [-0.3, -0.25) is 4.84 Å². The molecule has 0 aliphatic carbocycles. The summed E-state index contributed by atoms with van der Waals surface area (Å²) in [6.07, 6.45) is 2.93. The minimum absolute atomic E-state index is 0.0546. The average Bonchev–Trinajstić information content (AvgIpc) is 3.64. The van der Waals surface area contributed by atoms with Gasteiger partial charge < -0.3 is 18.9 Å². The van der Waals surface area contributed by atoms with Gasteiger partial charge in [0, 0.05) is 23.8 Å². The molecule has 3 fully saturated rings. The molecular formula is C27H43NO5. The first-order chi connectivity index (χ1) is 15.6. The predicted octanol–water partition coefficient (Wildman–Crippen LogP) is 5.52. The Morgan fingerprint density at radius 1 is 1.09 bits per heavy atom. The van der Waals surface area contributed by atoms with Crippen LogP contribution in [0, 0.1) is 11.3 Å². The summed E-state index contributed by atoms with van der Waals surface area (Å²) >= 11 is 0. The fraction of sp³-hybridized carbons (Fsp3) is 0.778. The van der Waals surface area contributed by atoms with Gasteiger partial charge in [-0.15, -0.1) is 0 Å². The van der Waals surface area contributed by atoms with Crippen molar-refractivity contribution >= 4 is 0 Å². The second kappa shape index (κ2) is 9.46. The molecule has 0 saturated carbocycles. The van der Waals surface area contributed by atoms with Gasteiger partial charge in [0.1, 0.15) is 24.6 Å². The maximum absolute atomic E-state index is 6.74. The highest BCUT2D eigenvalue weighted by Crippen LogP contribution is 2.51. The molecule has 6 nitrogen and oxygen atoms in total. The molecule has 1 aromatic carbocycles. The van der Waals surface area contributed by atoms with Crippen molar-refractivity contribution in [3.63, 3.8) is 0 Å². The lowest BCUT2D eigenvalue weighted by atomic mass is 9.71. The minimum Gasteiger partial charge on any atom is -0.491 e. The first-order valence-electron chi connectivity index (χ1n) is 12.7. The lowest BCUT2D eigenvalue weighted by Gasteiger charge is -2.61. The Balaban J connectivity index is 1.48. The summed E-state index contributed by atoms with van der Waals surface area (Å²) in [7, 11) is 0. The van der Waals surface area contributed by atoms with Crippen LogP contribution in [0.2, 0.25) is 0 Å². The van der Waals surface area contributed by atoms with Crippen molar-refractivity contribution in [3.8, 4) is 5.75 Å². The molecule has 33 heavy (non-hydrogen) atoms. The summed E-state index contributed by atoms with van der Waals surface area (Å²) in [4.78, 5) is 6.74. The molecule has 0 amide bonds. The number of benzene rings is 1. The largest absolute Gasteiger partial charge is 0.491 e. The van der Waals surface area contributed by atoms with Crippen LogP contribution in [0.25, 0.3) is 0 Å². The van der Waals surface area contributed by atoms with Gasteiger partial charge in [0.25, 0.3) is 0 Å². The first-order valence-corrected chi connectivity index (χ1v) is 12.7. The van der Waals surface area contributed by atoms with Crippen LogP contribution in [0.1, 0.15) is 79.4 Å². The molecule has 6 heteroatoms. The van der Waals surface area contributed by atoms with Crippen molar-refractivity contribution in [2.75, 3.05) is 26.4 Å². The van der Waals surface area contributed by atoms with Gasteiger partial charge in [-0.05, 0) is 44.4 Å². The molecule has 1 spiro atoms. The number of epoxide rings is 1. The average molecular weight is 462 g/mol. The van der Waals surface area contributed by atoms with E-state index in [2.05, 4.69) is 65.7 Å². The van der Waals surface area contributed by atoms with Crippen LogP contribution in [0.15, 0.2) is 24.3 Å². The maximum atomic E-state index is 6.74. The zero-order valence-electron chi connectivity index (χ0n) is 21.6. The number of nitrogens with zero attached hydrogens (tertiary/aromatic N) is 1. The monoisotopic (exact) mass is 461 g/mol. The standard InChI is InChI=1S/C27H43NO5/c1-8-22-14-27(31-17-25(5,6)18-32-27)20(4)26(7,9-2)28(22)33-19(3)21-10-12-23(13-11-21)29-15-24-16-30-24/h10-13,19-20,22,24H,8-9,14-18H2,1-7H3. The van der Waals surface area contributed by atoms with Crippen LogP contribution >= 0.6 is 0 Å². The van der Waals surface area contributed by atoms with Crippen LogP contribution in [-0.2, 0) is 19.0 Å². The second-order valence-electron chi connectivity index (χ2n) is 11.2. The molecule has 3 saturated heterocycles. The number of ether oxygens (including phenoxy) is 4. The van der Waals surface area contributed by atoms with Crippen molar-refractivity contribution < 1.29 is 23.8 Å². The van der Waals surface area contributed by atoms with Crippen LogP contribution in [0.4, 0.5) is 0 Å². The van der Waals surface area contributed by atoms with E-state index in [0.29, 0.717) is 6.61 Å². The van der Waals surface area contributed by atoms with Crippen LogP contribution in [0.3, 0.4) is 0 Å². The van der Waals surface area contributed by atoms with Crippen molar-refractivity contribution in [3.05, 3.63) is 29.8 Å². The van der Waals surface area contributed by atoms with Crippen molar-refractivity contribution in [1.29, 1.82) is 0 Å². The highest BCUT2D eigenvalue weighted by molar-refractivity contribution is 5.28. The molecule has 3 heterocycles. The number of hydrogen-bond donors (Lipinski definition) is 0. The maximum Gasteiger partial charge on any atom is 0.174 e. The van der Waals surface area contributed by atoms with Gasteiger partial charge in [0.2, 0.25) is 0 Å². The van der Waals surface area contributed by atoms with Crippen molar-refractivity contribution in [2.24, 2.45) is 11.3 Å². The van der Waals surface area contributed by atoms with Gasteiger partial charge in [-0.25, -0.2) is 0 Å². The second-order valence-corrected chi connectivity index (χ2v) is 11.2. The lowest BCUT2D eigenvalue weighted by molar-refractivity contribution is -0.398. The number of hydrogen-bond acceptors (Lipinski definition) is 6. The Morgan fingerprint density at radius 2 is 1.73 bits per heavy atom. The molecule has 4 rings (SSSR count). The normalized spacial score (nSPS) is 34.2. The summed E-state index contributed by atoms with van der Waals surface area (Å²) < 4.78 is 24.1. The Hall–Kier alpha value is -1.18. The fourth-order valence-corrected chi connectivity index (χ4v) is 5.15. The summed E-state index contributed by atoms with van der Waals surface area (Å²) in [6.45, 7) is 18.5. The summed E-state index contributed by atoms with van der Waals surface area (Å²) in [5.74, 6) is 0.491. The first kappa shape index (κ1) is 24.9. The molecular weight excluding hydrogens is 418 g/mol. The van der Waals surface area contributed by atoms with Crippen molar-refractivity contribution in [2.45, 2.75) is 97.3 Å². The van der Waals surface area contributed by atoms with Gasteiger partial charge >= 0.3 is 0 Å². The van der Waals surface area contributed by atoms with Gasteiger partial charge in [0.15, 0.2) is 5.79 Å². The third-order valence-electron chi connectivity index (χ3n) is 8.01. The van der Waals surface area contributed by atoms with E-state index >= 15 is 0 Å². The van der Waals surface area contributed by atoms with E-state index in [1.165, 1.54) is 0 Å². The number of piperidine rings is 1. The minimum atomic E-state index is -0.547. The van der Waals surface area contributed by atoms with E-state index < -0.39 is 5.79 Å². The van der Waals surface area contributed by atoms with Gasteiger partial charge in [-0.1, -0.05) is 46.8 Å². The molecule has 0 aromatic heterocycles. The topological polar surface area (TPSA) is 52.7 Å². The van der Waals surface area contributed by atoms with E-state index in [1.807, 2.05) is 12.1 Å². The Kier molecular flexibility index (Phi) is 7.15. The third kappa shape index (κ3) is 5.10. The lowest BCUT2D eigenvalue weighted by Crippen LogP contribution is -2.70. The molecule has 1 aromatic rings. The highest BCUT2D eigenvalue weighted by Gasteiger charge is 2.59. The van der Waals surface area contributed by atoms with Crippen LogP contribution in [-0.4, -0.2) is 55.0 Å². The summed E-state index contributed by atoms with van der Waals surface area (Å²) in [5, 5.41) is 2.27. The van der Waals surface area contributed by atoms with E-state index in [9.17, 15) is 0 Å². The molecule has 0 N–H and O–H groups in total. The molecule has 3 aliphatic rings. The Labute approximate surface area is 199 Å². The molecule has 0 bridgehead atoms. The number of rotatable bonds is 8. The summed E-state index contributed by atoms with van der Waals surface area (Å²) in [5.41, 5.74) is 0.985. The Morgan fingerprint density at radius 3 is 2.27 bits per heavy atom. The highest BCUT2D eigenvalue weighted by atomic mass is 16.7. The van der Waals surface area contributed by atoms with E-state index in [4.69, 9.17) is 23.8 Å². The molecule has 186 valence electrons. The van der Waals surface area contributed by atoms with Gasteiger partial charge in [0.05, 0.1) is 25.4 Å². The van der Waals surface area contributed by atoms with E-state index in [1.54, 1.807) is 0 Å². The fourth-order valence-electron chi connectivity index (χ4n) is 5.15. The van der Waals surface area contributed by atoms with Crippen molar-refractivity contribution in [1.82, 2.24) is 5.06 Å². The molecule has 3 aliphatic heterocycles. The SMILES string of the molecule is CCC1CC2(OCC(C)(C)CO2)C(C)C(C)(CC)N1OC(C)c1ccc(OCC2CO2)cc1. The zero-order valence-corrected chi connectivity index (χ0v) is 21.6. The van der Waals surface area contributed by atoms with Crippen LogP contribution < -0.4 is 4.74 Å². The molecule has 5 unspecified atom stereocenters. The quantitative estimate of drug-likeness (QED) is 0.476. The van der Waals surface area contributed by atoms with Crippen LogP contribution in [0.5, 0.6) is 5.75 Å². The molecule has 5 atom stereocenters.